The molecule has 5 nitrogen and oxygen atoms in total. The second-order valence-electron chi connectivity index (χ2n) is 12.5. The average molecular weight is 724 g/mol. The summed E-state index contributed by atoms with van der Waals surface area (Å²) in [5.41, 5.74) is 7.40. The first-order valence-corrected chi connectivity index (χ1v) is 16.9. The van der Waals surface area contributed by atoms with Crippen molar-refractivity contribution in [2.45, 2.75) is 64.9 Å². The number of benzene rings is 3. The summed E-state index contributed by atoms with van der Waals surface area (Å²) in [6, 6.07) is 20.1. The van der Waals surface area contributed by atoms with Crippen molar-refractivity contribution in [1.82, 2.24) is 9.21 Å². The van der Waals surface area contributed by atoms with Crippen LogP contribution in [0.25, 0.3) is 0 Å². The van der Waals surface area contributed by atoms with Crippen LogP contribution >= 0.6 is 15.9 Å². The summed E-state index contributed by atoms with van der Waals surface area (Å²) >= 11 is 3.42. The highest BCUT2D eigenvalue weighted by molar-refractivity contribution is 9.10. The van der Waals surface area contributed by atoms with Gasteiger partial charge in [-0.3, -0.25) is 0 Å². The van der Waals surface area contributed by atoms with E-state index in [0.717, 1.165) is 71.1 Å². The molecule has 3 aromatic carbocycles. The Morgan fingerprint density at radius 2 is 1.19 bits per heavy atom. The van der Waals surface area contributed by atoms with Gasteiger partial charge in [-0.15, -0.1) is 0 Å². The summed E-state index contributed by atoms with van der Waals surface area (Å²) in [5.74, 6) is 0. The number of halogens is 2. The van der Waals surface area contributed by atoms with E-state index in [-0.39, 0.29) is 17.0 Å². The lowest BCUT2D eigenvalue weighted by molar-refractivity contribution is -0.903. The standard InChI is InChI=1S/C34H49BrN3O2S.BrH/c1-27-19-28(2)22-31(21-27)25-37(41(39,40)34-13-11-33(35)12-14-34)17-9-8-15-36(5)16-10-18-38(6,7)26-32-23-29(3)20-30(4)24-32;/h11-14,19-24H,8-10,15-18,25-26H2,1-7H3;1H/q+1;/p-1. The van der Waals surface area contributed by atoms with Gasteiger partial charge in [0.1, 0.15) is 6.54 Å². The highest BCUT2D eigenvalue weighted by Crippen LogP contribution is 2.22. The molecule has 0 aromatic heterocycles. The summed E-state index contributed by atoms with van der Waals surface area (Å²) in [5, 5.41) is 0. The van der Waals surface area contributed by atoms with E-state index in [1.807, 2.05) is 0 Å². The minimum atomic E-state index is -3.61. The van der Waals surface area contributed by atoms with Gasteiger partial charge < -0.3 is 26.4 Å². The molecule has 0 fully saturated rings. The Balaban J connectivity index is 0.00000616. The van der Waals surface area contributed by atoms with Gasteiger partial charge >= 0.3 is 0 Å². The lowest BCUT2D eigenvalue weighted by Gasteiger charge is -2.31. The fourth-order valence-electron chi connectivity index (χ4n) is 5.69. The number of hydrogen-bond acceptors (Lipinski definition) is 3. The third kappa shape index (κ3) is 11.9. The van der Waals surface area contributed by atoms with E-state index in [4.69, 9.17) is 0 Å². The number of sulfonamides is 1. The highest BCUT2D eigenvalue weighted by atomic mass is 79.9. The van der Waals surface area contributed by atoms with Crippen molar-refractivity contribution in [2.75, 3.05) is 47.3 Å². The maximum absolute atomic E-state index is 13.6. The monoisotopic (exact) mass is 721 g/mol. The normalized spacial score (nSPS) is 12.1. The maximum Gasteiger partial charge on any atom is 0.243 e. The van der Waals surface area contributed by atoms with E-state index < -0.39 is 10.0 Å². The van der Waals surface area contributed by atoms with Crippen molar-refractivity contribution in [2.24, 2.45) is 0 Å². The average Bonchev–Trinajstić information content (AvgIpc) is 2.84. The van der Waals surface area contributed by atoms with Crippen molar-refractivity contribution in [3.05, 3.63) is 98.5 Å². The largest absolute Gasteiger partial charge is 1.00 e. The minimum absolute atomic E-state index is 0. The van der Waals surface area contributed by atoms with Crippen LogP contribution in [0.3, 0.4) is 0 Å². The Kier molecular flexibility index (Phi) is 14.4. The van der Waals surface area contributed by atoms with Gasteiger partial charge in [-0.1, -0.05) is 74.6 Å². The SMILES string of the molecule is Cc1cc(C)cc(CN(CCCCN(C)CCC[N+](C)(C)Cc2cc(C)cc(C)c2)S(=O)(=O)c2ccc(Br)cc2)c1.[Br-]. The lowest BCUT2D eigenvalue weighted by atomic mass is 10.1. The molecule has 0 aliphatic heterocycles. The molecule has 0 aliphatic rings. The van der Waals surface area contributed by atoms with Gasteiger partial charge in [0.25, 0.3) is 0 Å². The predicted molar refractivity (Wildman–Crippen MR) is 176 cm³/mol. The molecular formula is C34H49Br2N3O2S. The van der Waals surface area contributed by atoms with Crippen LogP contribution in [-0.2, 0) is 23.1 Å². The van der Waals surface area contributed by atoms with E-state index in [9.17, 15) is 8.42 Å². The summed E-state index contributed by atoms with van der Waals surface area (Å²) in [4.78, 5) is 2.72. The Morgan fingerprint density at radius 3 is 1.74 bits per heavy atom. The van der Waals surface area contributed by atoms with Crippen LogP contribution in [0.1, 0.15) is 52.6 Å². The van der Waals surface area contributed by atoms with Crippen LogP contribution in [0.5, 0.6) is 0 Å². The summed E-state index contributed by atoms with van der Waals surface area (Å²) < 4.78 is 30.8. The Labute approximate surface area is 274 Å². The molecule has 0 radical (unpaired) electrons. The number of quaternary nitrogens is 1. The van der Waals surface area contributed by atoms with Crippen molar-refractivity contribution in [3.8, 4) is 0 Å². The smallest absolute Gasteiger partial charge is 0.243 e. The zero-order chi connectivity index (χ0) is 30.2. The van der Waals surface area contributed by atoms with Crippen LogP contribution in [0, 0.1) is 27.7 Å². The van der Waals surface area contributed by atoms with Gasteiger partial charge in [0, 0.05) is 36.1 Å². The number of rotatable bonds is 15. The first kappa shape index (κ1) is 36.6. The Bertz CT molecular complexity index is 1350. The van der Waals surface area contributed by atoms with Crippen molar-refractivity contribution >= 4 is 26.0 Å². The third-order valence-electron chi connectivity index (χ3n) is 7.48. The lowest BCUT2D eigenvalue weighted by Crippen LogP contribution is -3.00. The number of unbranched alkanes of at least 4 members (excludes halogenated alkanes) is 1. The predicted octanol–water partition coefficient (Wildman–Crippen LogP) is 4.26. The molecule has 0 atom stereocenters. The van der Waals surface area contributed by atoms with Gasteiger partial charge in [0.2, 0.25) is 10.0 Å². The fourth-order valence-corrected chi connectivity index (χ4v) is 7.42. The van der Waals surface area contributed by atoms with Gasteiger partial charge in [-0.25, -0.2) is 8.42 Å². The molecule has 0 saturated carbocycles. The zero-order valence-corrected chi connectivity index (χ0v) is 30.4. The second kappa shape index (κ2) is 16.5. The molecule has 0 heterocycles. The number of aryl methyl sites for hydroxylation is 4. The van der Waals surface area contributed by atoms with Crippen LogP contribution in [0.2, 0.25) is 0 Å². The van der Waals surface area contributed by atoms with Crippen molar-refractivity contribution in [1.29, 1.82) is 0 Å². The number of nitrogens with zero attached hydrogens (tertiary/aromatic N) is 3. The molecule has 0 unspecified atom stereocenters. The molecule has 0 saturated heterocycles. The van der Waals surface area contributed by atoms with Crippen molar-refractivity contribution < 1.29 is 29.9 Å². The van der Waals surface area contributed by atoms with Crippen LogP contribution in [-0.4, -0.2) is 69.4 Å². The summed E-state index contributed by atoms with van der Waals surface area (Å²) in [6.45, 7) is 13.5. The summed E-state index contributed by atoms with van der Waals surface area (Å²) in [6.07, 6.45) is 2.90. The Morgan fingerprint density at radius 1 is 0.714 bits per heavy atom. The molecule has 8 heteroatoms. The summed E-state index contributed by atoms with van der Waals surface area (Å²) in [7, 11) is 3.20. The fraction of sp³-hybridized carbons (Fsp3) is 0.471. The van der Waals surface area contributed by atoms with E-state index in [0.29, 0.717) is 18.0 Å². The molecule has 3 rings (SSSR count). The van der Waals surface area contributed by atoms with E-state index >= 15 is 0 Å². The van der Waals surface area contributed by atoms with E-state index in [1.54, 1.807) is 28.6 Å². The quantitative estimate of drug-likeness (QED) is 0.174. The highest BCUT2D eigenvalue weighted by Gasteiger charge is 2.24. The molecule has 0 bridgehead atoms. The van der Waals surface area contributed by atoms with Crippen LogP contribution in [0.4, 0.5) is 0 Å². The molecule has 0 spiro atoms. The van der Waals surface area contributed by atoms with E-state index in [1.165, 1.54) is 16.7 Å². The maximum atomic E-state index is 13.6. The van der Waals surface area contributed by atoms with E-state index in [2.05, 4.69) is 106 Å². The first-order chi connectivity index (χ1) is 19.2. The molecule has 0 amide bonds. The molecule has 0 aliphatic carbocycles. The zero-order valence-electron chi connectivity index (χ0n) is 26.5. The van der Waals surface area contributed by atoms with Gasteiger partial charge in [0.15, 0.2) is 0 Å². The van der Waals surface area contributed by atoms with Crippen molar-refractivity contribution in [3.63, 3.8) is 0 Å². The second-order valence-corrected chi connectivity index (χ2v) is 15.3. The van der Waals surface area contributed by atoms with Crippen LogP contribution < -0.4 is 17.0 Å². The molecular weight excluding hydrogens is 674 g/mol. The molecule has 232 valence electrons. The topological polar surface area (TPSA) is 40.6 Å². The Hall–Kier alpha value is -1.55. The first-order valence-electron chi connectivity index (χ1n) is 14.6. The third-order valence-corrected chi connectivity index (χ3v) is 9.87. The van der Waals surface area contributed by atoms with Crippen LogP contribution in [0.15, 0.2) is 70.0 Å². The molecule has 42 heavy (non-hydrogen) atoms. The van der Waals surface area contributed by atoms with Gasteiger partial charge in [-0.05, 0) is 84.0 Å². The minimum Gasteiger partial charge on any atom is -1.00 e. The molecule has 0 N–H and O–H groups in total. The van der Waals surface area contributed by atoms with Gasteiger partial charge in [-0.2, -0.15) is 4.31 Å². The molecule has 3 aromatic rings. The van der Waals surface area contributed by atoms with Gasteiger partial charge in [0.05, 0.1) is 25.5 Å². The number of hydrogen-bond donors (Lipinski definition) is 0.